The van der Waals surface area contributed by atoms with Gasteiger partial charge in [-0.2, -0.15) is 4.98 Å². The van der Waals surface area contributed by atoms with Crippen molar-refractivity contribution in [3.63, 3.8) is 0 Å². The zero-order valence-corrected chi connectivity index (χ0v) is 18.9. The van der Waals surface area contributed by atoms with Crippen molar-refractivity contribution in [1.29, 1.82) is 0 Å². The van der Waals surface area contributed by atoms with Gasteiger partial charge in [0, 0.05) is 62.0 Å². The largest absolute Gasteiger partial charge is 0.496 e. The van der Waals surface area contributed by atoms with E-state index in [-0.39, 0.29) is 17.2 Å². The van der Waals surface area contributed by atoms with Crippen molar-refractivity contribution in [2.45, 2.75) is 6.92 Å². The van der Waals surface area contributed by atoms with Gasteiger partial charge in [-0.25, -0.2) is 9.78 Å². The summed E-state index contributed by atoms with van der Waals surface area (Å²) in [7, 11) is 3.23. The monoisotopic (exact) mass is 468 g/mol. The molecular formula is C22H24N6O6. The number of nitro groups is 1. The van der Waals surface area contributed by atoms with Crippen molar-refractivity contribution < 1.29 is 24.3 Å². The van der Waals surface area contributed by atoms with E-state index in [0.29, 0.717) is 48.1 Å². The minimum absolute atomic E-state index is 0.0336. The fraction of sp³-hybridized carbons (Fsp3) is 0.273. The van der Waals surface area contributed by atoms with Gasteiger partial charge >= 0.3 is 5.97 Å². The lowest BCUT2D eigenvalue weighted by molar-refractivity contribution is -0.384. The van der Waals surface area contributed by atoms with E-state index < -0.39 is 10.9 Å². The van der Waals surface area contributed by atoms with Crippen LogP contribution in [0.15, 0.2) is 42.9 Å². The zero-order chi connectivity index (χ0) is 24.7. The highest BCUT2D eigenvalue weighted by atomic mass is 16.6. The molecule has 0 saturated heterocycles. The van der Waals surface area contributed by atoms with E-state index in [0.717, 1.165) is 0 Å². The van der Waals surface area contributed by atoms with Crippen LogP contribution in [0.25, 0.3) is 11.1 Å². The van der Waals surface area contributed by atoms with Crippen LogP contribution in [0.1, 0.15) is 17.3 Å². The minimum Gasteiger partial charge on any atom is -0.496 e. The lowest BCUT2D eigenvalue weighted by Crippen LogP contribution is -2.24. The summed E-state index contributed by atoms with van der Waals surface area (Å²) in [6.45, 7) is 3.42. The molecule has 0 aliphatic rings. The van der Waals surface area contributed by atoms with Gasteiger partial charge in [-0.05, 0) is 13.0 Å². The molecule has 0 aliphatic carbocycles. The van der Waals surface area contributed by atoms with Gasteiger partial charge in [0.15, 0.2) is 0 Å². The third-order valence-corrected chi connectivity index (χ3v) is 4.80. The molecular weight excluding hydrogens is 444 g/mol. The number of carbonyl (C=O) groups is 1. The van der Waals surface area contributed by atoms with E-state index in [9.17, 15) is 20.0 Å². The summed E-state index contributed by atoms with van der Waals surface area (Å²) in [5.74, 6) is -0.107. The number of ether oxygens (including phenoxy) is 2. The van der Waals surface area contributed by atoms with E-state index in [1.807, 2.05) is 18.9 Å². The predicted octanol–water partition coefficient (Wildman–Crippen LogP) is 3.37. The van der Waals surface area contributed by atoms with E-state index in [1.54, 1.807) is 12.3 Å². The Labute approximate surface area is 195 Å². The summed E-state index contributed by atoms with van der Waals surface area (Å²) in [5, 5.41) is 23.5. The van der Waals surface area contributed by atoms with Gasteiger partial charge in [0.2, 0.25) is 5.95 Å². The third kappa shape index (κ3) is 5.92. The van der Waals surface area contributed by atoms with Crippen LogP contribution < -0.4 is 15.0 Å². The number of non-ortho nitro benzene ring substituents is 1. The molecule has 178 valence electrons. The molecule has 1 aromatic carbocycles. The molecule has 3 aromatic rings. The molecule has 2 N–H and O–H groups in total. The summed E-state index contributed by atoms with van der Waals surface area (Å²) < 4.78 is 10.6. The zero-order valence-electron chi connectivity index (χ0n) is 18.9. The molecule has 0 unspecified atom stereocenters. The first-order valence-corrected chi connectivity index (χ1v) is 10.3. The number of nitro benzene ring substituents is 1. The molecule has 0 spiro atoms. The summed E-state index contributed by atoms with van der Waals surface area (Å²) in [6.07, 6.45) is 4.33. The normalized spacial score (nSPS) is 10.6. The average molecular weight is 468 g/mol. The Hall–Kier alpha value is -4.32. The summed E-state index contributed by atoms with van der Waals surface area (Å²) in [4.78, 5) is 36.9. The van der Waals surface area contributed by atoms with Gasteiger partial charge in [-0.15, -0.1) is 0 Å². The highest BCUT2D eigenvalue weighted by Gasteiger charge is 2.17. The number of hydrogen-bond acceptors (Lipinski definition) is 10. The Morgan fingerprint density at radius 1 is 1.24 bits per heavy atom. The number of methoxy groups -OCH3 is 1. The van der Waals surface area contributed by atoms with Crippen LogP contribution in [0.2, 0.25) is 0 Å². The standard InChI is InChI=1S/C22H24N6O6/c1-4-34-6-5-27(2)20-19(14-7-15(21(29)30)12-23-11-14)13-24-22(26-20)25-16-8-17(28(31)32)10-18(9-16)33-3/h7-13H,4-6H2,1-3H3,(H,29,30)(H,24,25,26). The maximum Gasteiger partial charge on any atom is 0.337 e. The second kappa shape index (κ2) is 11.0. The van der Waals surface area contributed by atoms with Crippen LogP contribution >= 0.6 is 0 Å². The predicted molar refractivity (Wildman–Crippen MR) is 125 cm³/mol. The van der Waals surface area contributed by atoms with Gasteiger partial charge in [0.25, 0.3) is 5.69 Å². The Morgan fingerprint density at radius 3 is 2.71 bits per heavy atom. The number of rotatable bonds is 11. The Bertz CT molecular complexity index is 1190. The highest BCUT2D eigenvalue weighted by molar-refractivity contribution is 5.89. The second-order valence-electron chi connectivity index (χ2n) is 7.12. The van der Waals surface area contributed by atoms with E-state index >= 15 is 0 Å². The maximum atomic E-state index is 11.4. The van der Waals surface area contributed by atoms with Crippen LogP contribution in [0.4, 0.5) is 23.1 Å². The van der Waals surface area contributed by atoms with Crippen molar-refractivity contribution in [2.24, 2.45) is 0 Å². The maximum absolute atomic E-state index is 11.4. The molecule has 12 nitrogen and oxygen atoms in total. The lowest BCUT2D eigenvalue weighted by atomic mass is 10.1. The number of carboxylic acid groups (broad SMARTS) is 1. The number of hydrogen-bond donors (Lipinski definition) is 2. The number of aromatic nitrogens is 3. The number of carboxylic acids is 1. The molecule has 0 aliphatic heterocycles. The molecule has 0 atom stereocenters. The summed E-state index contributed by atoms with van der Waals surface area (Å²) in [6, 6.07) is 5.73. The highest BCUT2D eigenvalue weighted by Crippen LogP contribution is 2.31. The molecule has 2 aromatic heterocycles. The number of likely N-dealkylation sites (N-methyl/N-ethyl adjacent to an activating group) is 1. The van der Waals surface area contributed by atoms with Gasteiger partial charge in [0.1, 0.15) is 11.6 Å². The molecule has 12 heteroatoms. The molecule has 0 fully saturated rings. The van der Waals surface area contributed by atoms with Crippen LogP contribution in [-0.2, 0) is 4.74 Å². The first-order chi connectivity index (χ1) is 16.3. The molecule has 0 bridgehead atoms. The molecule has 0 saturated carbocycles. The van der Waals surface area contributed by atoms with E-state index in [4.69, 9.17) is 9.47 Å². The molecule has 2 heterocycles. The number of anilines is 3. The van der Waals surface area contributed by atoms with Crippen molar-refractivity contribution in [2.75, 3.05) is 44.1 Å². The number of aromatic carboxylic acids is 1. The summed E-state index contributed by atoms with van der Waals surface area (Å²) in [5.41, 5.74) is 1.35. The van der Waals surface area contributed by atoms with Crippen LogP contribution in [0.3, 0.4) is 0 Å². The van der Waals surface area contributed by atoms with Crippen LogP contribution in [-0.4, -0.2) is 64.9 Å². The Balaban J connectivity index is 2.02. The Morgan fingerprint density at radius 2 is 2.03 bits per heavy atom. The molecule has 0 amide bonds. The third-order valence-electron chi connectivity index (χ3n) is 4.80. The first kappa shape index (κ1) is 24.3. The number of nitrogens with one attached hydrogen (secondary N) is 1. The topological polar surface area (TPSA) is 153 Å². The van der Waals surface area contributed by atoms with Crippen LogP contribution in [0.5, 0.6) is 5.75 Å². The number of pyridine rings is 1. The quantitative estimate of drug-likeness (QED) is 0.242. The van der Waals surface area contributed by atoms with Crippen molar-refractivity contribution in [3.8, 4) is 16.9 Å². The second-order valence-corrected chi connectivity index (χ2v) is 7.12. The average Bonchev–Trinajstić information content (AvgIpc) is 2.83. The number of benzene rings is 1. The fourth-order valence-corrected chi connectivity index (χ4v) is 3.09. The van der Waals surface area contributed by atoms with Gasteiger partial charge in [0.05, 0.1) is 36.0 Å². The molecule has 3 rings (SSSR count). The summed E-state index contributed by atoms with van der Waals surface area (Å²) >= 11 is 0. The lowest BCUT2D eigenvalue weighted by Gasteiger charge is -2.22. The first-order valence-electron chi connectivity index (χ1n) is 10.3. The molecule has 34 heavy (non-hydrogen) atoms. The van der Waals surface area contributed by atoms with Crippen molar-refractivity contribution >= 4 is 29.1 Å². The van der Waals surface area contributed by atoms with E-state index in [2.05, 4.69) is 20.3 Å². The van der Waals surface area contributed by atoms with Crippen LogP contribution in [0, 0.1) is 10.1 Å². The smallest absolute Gasteiger partial charge is 0.337 e. The fourth-order valence-electron chi connectivity index (χ4n) is 3.09. The van der Waals surface area contributed by atoms with Gasteiger partial charge in [-0.3, -0.25) is 15.1 Å². The number of nitrogens with zero attached hydrogens (tertiary/aromatic N) is 5. The van der Waals surface area contributed by atoms with Crippen molar-refractivity contribution in [3.05, 3.63) is 58.5 Å². The van der Waals surface area contributed by atoms with Gasteiger partial charge in [-0.1, -0.05) is 0 Å². The minimum atomic E-state index is -1.10. The molecule has 0 radical (unpaired) electrons. The van der Waals surface area contributed by atoms with Crippen molar-refractivity contribution in [1.82, 2.24) is 15.0 Å². The SMILES string of the molecule is CCOCCN(C)c1nc(Nc2cc(OC)cc([N+](=O)[O-])c2)ncc1-c1cncc(C(=O)O)c1. The van der Waals surface area contributed by atoms with Gasteiger partial charge < -0.3 is 24.8 Å². The van der Waals surface area contributed by atoms with E-state index in [1.165, 1.54) is 37.7 Å². The Kier molecular flexibility index (Phi) is 7.88.